The van der Waals surface area contributed by atoms with Crippen LogP contribution in [0.1, 0.15) is 55.1 Å². The van der Waals surface area contributed by atoms with Crippen LogP contribution in [0.15, 0.2) is 60.2 Å². The van der Waals surface area contributed by atoms with Crippen molar-refractivity contribution in [1.82, 2.24) is 20.6 Å². The Morgan fingerprint density at radius 2 is 0.982 bits per heavy atom. The van der Waals surface area contributed by atoms with Crippen molar-refractivity contribution >= 4 is 45.0 Å². The first kappa shape index (κ1) is 42.4. The van der Waals surface area contributed by atoms with Crippen LogP contribution in [0.2, 0.25) is 0 Å². The molecule has 55 heavy (non-hydrogen) atoms. The van der Waals surface area contributed by atoms with E-state index in [2.05, 4.69) is 31.2 Å². The van der Waals surface area contributed by atoms with E-state index in [1.54, 1.807) is 0 Å². The highest BCUT2D eigenvalue weighted by atomic mass is 19.4. The number of hydrogen-bond donors (Lipinski definition) is 4. The number of hydrogen-bond acceptors (Lipinski definition) is 6. The van der Waals surface area contributed by atoms with Gasteiger partial charge in [0.1, 0.15) is 11.4 Å². The summed E-state index contributed by atoms with van der Waals surface area (Å²) in [5, 5.41) is 10.2. The van der Waals surface area contributed by atoms with E-state index in [0.29, 0.717) is 37.1 Å². The van der Waals surface area contributed by atoms with Crippen molar-refractivity contribution in [3.05, 3.63) is 82.7 Å². The van der Waals surface area contributed by atoms with Gasteiger partial charge in [-0.25, -0.2) is 9.97 Å². The maximum absolute atomic E-state index is 13.5. The molecule has 2 heterocycles. The minimum atomic E-state index is -5.00. The molecule has 2 aromatic heterocycles. The van der Waals surface area contributed by atoms with Crippen LogP contribution in [-0.2, 0) is 34.3 Å². The maximum atomic E-state index is 13.5. The Morgan fingerprint density at radius 1 is 0.582 bits per heavy atom. The van der Waals surface area contributed by atoms with Crippen LogP contribution in [0.4, 0.5) is 64.1 Å². The van der Waals surface area contributed by atoms with Gasteiger partial charge in [-0.1, -0.05) is 24.3 Å². The van der Waals surface area contributed by atoms with Crippen molar-refractivity contribution in [3.63, 3.8) is 0 Å². The monoisotopic (exact) mass is 796 g/mol. The molecule has 0 saturated carbocycles. The molecular formula is C35H32F12N6O2. The van der Waals surface area contributed by atoms with E-state index < -0.39 is 70.1 Å². The number of halogens is 12. The largest absolute Gasteiger partial charge is 0.433 e. The summed E-state index contributed by atoms with van der Waals surface area (Å²) in [5.74, 6) is -1.23. The Balaban J connectivity index is 1.21. The molecule has 0 saturated heterocycles. The summed E-state index contributed by atoms with van der Waals surface area (Å²) >= 11 is 0. The predicted octanol–water partition coefficient (Wildman–Crippen LogP) is 9.12. The van der Waals surface area contributed by atoms with Gasteiger partial charge in [0.25, 0.3) is 0 Å². The van der Waals surface area contributed by atoms with Crippen LogP contribution >= 0.6 is 0 Å². The van der Waals surface area contributed by atoms with Gasteiger partial charge in [0.2, 0.25) is 11.8 Å². The van der Waals surface area contributed by atoms with Gasteiger partial charge >= 0.3 is 24.7 Å². The first-order valence-corrected chi connectivity index (χ1v) is 16.5. The van der Waals surface area contributed by atoms with Crippen molar-refractivity contribution in [2.45, 2.75) is 57.3 Å². The molecule has 4 rings (SSSR count). The van der Waals surface area contributed by atoms with Gasteiger partial charge in [-0.2, -0.15) is 52.7 Å². The molecule has 0 radical (unpaired) electrons. The molecule has 2 amide bonds. The molecule has 0 fully saturated rings. The van der Waals surface area contributed by atoms with Gasteiger partial charge < -0.3 is 21.3 Å². The van der Waals surface area contributed by atoms with E-state index in [1.807, 2.05) is 0 Å². The molecule has 4 aromatic rings. The highest BCUT2D eigenvalue weighted by Crippen LogP contribution is 2.40. The molecule has 0 unspecified atom stereocenters. The predicted molar refractivity (Wildman–Crippen MR) is 179 cm³/mol. The van der Waals surface area contributed by atoms with Crippen LogP contribution in [-0.4, -0.2) is 48.0 Å². The summed E-state index contributed by atoms with van der Waals surface area (Å²) in [5.41, 5.74) is -7.68. The number of aromatic nitrogens is 2. The fourth-order valence-corrected chi connectivity index (χ4v) is 5.35. The SMILES string of the molecule is CC(=CC(=O)NCCCCNc1cc(C(F)(F)F)nc2c(C(F)(F)F)cccc12)C(=O)NCCCCNc1cc(C(F)(F)F)nc2c(C(F)(F)F)cccc12. The molecule has 0 aliphatic carbocycles. The number of carbonyl (C=O) groups excluding carboxylic acids is 2. The lowest BCUT2D eigenvalue weighted by molar-refractivity contribution is -0.142. The lowest BCUT2D eigenvalue weighted by atomic mass is 10.1. The van der Waals surface area contributed by atoms with Gasteiger partial charge in [0.05, 0.1) is 22.2 Å². The fraction of sp³-hybridized carbons (Fsp3) is 0.371. The second-order valence-corrected chi connectivity index (χ2v) is 12.1. The number of anilines is 2. The average molecular weight is 797 g/mol. The topological polar surface area (TPSA) is 108 Å². The van der Waals surface area contributed by atoms with Crippen molar-refractivity contribution in [2.75, 3.05) is 36.8 Å². The highest BCUT2D eigenvalue weighted by molar-refractivity contribution is 6.00. The fourth-order valence-electron chi connectivity index (χ4n) is 5.35. The first-order valence-electron chi connectivity index (χ1n) is 16.5. The summed E-state index contributed by atoms with van der Waals surface area (Å²) < 4.78 is 161. The summed E-state index contributed by atoms with van der Waals surface area (Å²) in [7, 11) is 0. The number of rotatable bonds is 14. The molecule has 2 aromatic carbocycles. The number of fused-ring (bicyclic) bond motifs is 2. The number of carbonyl (C=O) groups is 2. The Labute approximate surface area is 304 Å². The molecule has 0 spiro atoms. The van der Waals surface area contributed by atoms with E-state index >= 15 is 0 Å². The molecule has 0 aliphatic heterocycles. The Bertz CT molecular complexity index is 2040. The molecule has 298 valence electrons. The standard InChI is InChI=1S/C35H32F12N6O2/c1-19(31(55)51-15-5-3-13-49-25-18-27(35(45,46)47)53-30-21(25)9-7-11-23(30)33(39,40)41)16-28(54)50-14-4-2-12-48-24-17-26(34(42,43)44)52-29-20(24)8-6-10-22(29)32(36,37)38/h6-11,16-18H,2-5,12-15H2,1H3,(H,48,52)(H,49,53)(H,50,54)(H,51,55). The van der Waals surface area contributed by atoms with Gasteiger partial charge in [-0.05, 0) is 56.9 Å². The highest BCUT2D eigenvalue weighted by Gasteiger charge is 2.39. The number of para-hydroxylation sites is 2. The zero-order valence-electron chi connectivity index (χ0n) is 28.6. The Kier molecular flexibility index (Phi) is 13.1. The molecule has 20 heteroatoms. The van der Waals surface area contributed by atoms with Crippen molar-refractivity contribution in [3.8, 4) is 0 Å². The third-order valence-corrected chi connectivity index (χ3v) is 8.00. The smallest absolute Gasteiger partial charge is 0.384 e. The summed E-state index contributed by atoms with van der Waals surface area (Å²) in [6.45, 7) is 1.64. The number of benzene rings is 2. The zero-order valence-corrected chi connectivity index (χ0v) is 28.6. The van der Waals surface area contributed by atoms with E-state index in [1.165, 1.54) is 19.1 Å². The van der Waals surface area contributed by atoms with Crippen LogP contribution < -0.4 is 21.3 Å². The van der Waals surface area contributed by atoms with Crippen molar-refractivity contribution in [2.24, 2.45) is 0 Å². The van der Waals surface area contributed by atoms with Gasteiger partial charge in [-0.15, -0.1) is 0 Å². The van der Waals surface area contributed by atoms with Gasteiger partial charge in [0, 0.05) is 60.0 Å². The van der Waals surface area contributed by atoms with Crippen LogP contribution in [0.5, 0.6) is 0 Å². The van der Waals surface area contributed by atoms with Crippen molar-refractivity contribution in [1.29, 1.82) is 0 Å². The van der Waals surface area contributed by atoms with Gasteiger partial charge in [0.15, 0.2) is 0 Å². The average Bonchev–Trinajstić information content (AvgIpc) is 3.08. The summed E-state index contributed by atoms with van der Waals surface area (Å²) in [4.78, 5) is 31.1. The lowest BCUT2D eigenvalue weighted by Gasteiger charge is -2.16. The Hall–Kier alpha value is -5.30. The lowest BCUT2D eigenvalue weighted by Crippen LogP contribution is -2.28. The summed E-state index contributed by atoms with van der Waals surface area (Å²) in [6.07, 6.45) is -17.7. The normalized spacial score (nSPS) is 12.9. The second-order valence-electron chi connectivity index (χ2n) is 12.1. The van der Waals surface area contributed by atoms with E-state index in [4.69, 9.17) is 0 Å². The Morgan fingerprint density at radius 3 is 1.38 bits per heavy atom. The molecule has 8 nitrogen and oxygen atoms in total. The number of amides is 2. The molecule has 0 aliphatic rings. The van der Waals surface area contributed by atoms with Crippen LogP contribution in [0.25, 0.3) is 21.8 Å². The first-order chi connectivity index (χ1) is 25.6. The number of unbranched alkanes of at least 4 members (excludes halogenated alkanes) is 2. The number of alkyl halides is 12. The molecular weight excluding hydrogens is 764 g/mol. The van der Waals surface area contributed by atoms with Gasteiger partial charge in [-0.3, -0.25) is 9.59 Å². The number of nitrogens with zero attached hydrogens (tertiary/aromatic N) is 2. The van der Waals surface area contributed by atoms with E-state index in [0.717, 1.165) is 18.2 Å². The molecule has 0 atom stereocenters. The third-order valence-electron chi connectivity index (χ3n) is 8.00. The summed E-state index contributed by atoms with van der Waals surface area (Å²) in [6, 6.07) is 7.08. The van der Waals surface area contributed by atoms with Crippen LogP contribution in [0.3, 0.4) is 0 Å². The number of nitrogens with one attached hydrogen (secondary N) is 4. The molecule has 0 bridgehead atoms. The maximum Gasteiger partial charge on any atom is 0.433 e. The third kappa shape index (κ3) is 11.4. The number of pyridine rings is 2. The minimum Gasteiger partial charge on any atom is -0.384 e. The molecule has 4 N–H and O–H groups in total. The second kappa shape index (κ2) is 17.0. The zero-order chi connectivity index (χ0) is 40.8. The van der Waals surface area contributed by atoms with E-state index in [-0.39, 0.29) is 66.7 Å². The quantitative estimate of drug-likeness (QED) is 0.0577. The van der Waals surface area contributed by atoms with Crippen molar-refractivity contribution < 1.29 is 62.3 Å². The van der Waals surface area contributed by atoms with E-state index in [9.17, 15) is 62.3 Å². The minimum absolute atomic E-state index is 0.0314. The van der Waals surface area contributed by atoms with Crippen LogP contribution in [0, 0.1) is 0 Å².